The molecule has 0 bridgehead atoms. The van der Waals surface area contributed by atoms with Crippen LogP contribution in [0.3, 0.4) is 0 Å². The fourth-order valence-electron chi connectivity index (χ4n) is 5.08. The van der Waals surface area contributed by atoms with Crippen LogP contribution in [0, 0.1) is 0 Å². The first-order valence-electron chi connectivity index (χ1n) is 14.8. The minimum atomic E-state index is -3.57. The standard InChI is InChI=1S/C17H17N3O5S.C17H17N3O3S.2CH4/c1-20-15-11(9-18-17(19-15)26(4,22)23)7-14(16(20)21)10-5-12(24-2)8-13(6-10)25-3;1-20-15-11(9-18-17(19-15)24-4)7-14(16(20)21)10-5-12(22-2)8-13(6-10)23-3;;/h5-9H,1-4H3;5-9H,1-4H3;2*1H4. The Balaban J connectivity index is 0.000000271. The summed E-state index contributed by atoms with van der Waals surface area (Å²) < 4.78 is 47.2. The van der Waals surface area contributed by atoms with Gasteiger partial charge in [0.25, 0.3) is 11.1 Å². The number of hydrogen-bond acceptors (Lipinski definition) is 13. The van der Waals surface area contributed by atoms with Crippen molar-refractivity contribution in [3.8, 4) is 45.3 Å². The zero-order valence-corrected chi connectivity index (χ0v) is 30.2. The second-order valence-electron chi connectivity index (χ2n) is 10.9. The van der Waals surface area contributed by atoms with Crippen LogP contribution in [-0.4, -0.2) is 78.4 Å². The fourth-order valence-corrected chi connectivity index (χ4v) is 5.91. The maximum Gasteiger partial charge on any atom is 0.259 e. The molecule has 2 aromatic carbocycles. The van der Waals surface area contributed by atoms with E-state index in [9.17, 15) is 18.0 Å². The van der Waals surface area contributed by atoms with Crippen molar-refractivity contribution < 1.29 is 27.4 Å². The van der Waals surface area contributed by atoms with Gasteiger partial charge in [0.15, 0.2) is 5.16 Å². The van der Waals surface area contributed by atoms with Gasteiger partial charge in [0, 0.05) is 66.8 Å². The number of ether oxygens (including phenoxy) is 4. The lowest BCUT2D eigenvalue weighted by Gasteiger charge is -2.11. The van der Waals surface area contributed by atoms with Crippen molar-refractivity contribution in [3.63, 3.8) is 0 Å². The average molecular weight is 751 g/mol. The van der Waals surface area contributed by atoms with Crippen molar-refractivity contribution in [2.75, 3.05) is 41.0 Å². The van der Waals surface area contributed by atoms with E-state index in [2.05, 4.69) is 19.9 Å². The molecule has 52 heavy (non-hydrogen) atoms. The van der Waals surface area contributed by atoms with Gasteiger partial charge in [-0.3, -0.25) is 18.7 Å². The Labute approximate surface area is 306 Å². The van der Waals surface area contributed by atoms with Gasteiger partial charge in [-0.25, -0.2) is 23.4 Å². The maximum atomic E-state index is 12.8. The fraction of sp³-hybridized carbons (Fsp3) is 0.278. The van der Waals surface area contributed by atoms with E-state index in [1.807, 2.05) is 18.4 Å². The Morgan fingerprint density at radius 2 is 1.00 bits per heavy atom. The number of pyridine rings is 2. The molecule has 16 heteroatoms. The number of sulfone groups is 1. The maximum absolute atomic E-state index is 12.8. The highest BCUT2D eigenvalue weighted by Crippen LogP contribution is 2.31. The molecule has 0 aliphatic rings. The van der Waals surface area contributed by atoms with Gasteiger partial charge in [-0.2, -0.15) is 4.98 Å². The third kappa shape index (κ3) is 8.35. The van der Waals surface area contributed by atoms with Gasteiger partial charge >= 0.3 is 0 Å². The number of hydrogen-bond donors (Lipinski definition) is 0. The van der Waals surface area contributed by atoms with Crippen LogP contribution in [0.25, 0.3) is 44.3 Å². The molecule has 0 saturated carbocycles. The molecule has 0 fully saturated rings. The summed E-state index contributed by atoms with van der Waals surface area (Å²) in [5.74, 6) is 2.34. The molecule has 4 heterocycles. The lowest BCUT2D eigenvalue weighted by molar-refractivity contribution is 0.394. The molecule has 0 amide bonds. The van der Waals surface area contributed by atoms with E-state index in [4.69, 9.17) is 18.9 Å². The molecule has 14 nitrogen and oxygen atoms in total. The van der Waals surface area contributed by atoms with Crippen molar-refractivity contribution in [1.82, 2.24) is 29.1 Å². The summed E-state index contributed by atoms with van der Waals surface area (Å²) in [6.45, 7) is 0. The number of thioether (sulfide) groups is 1. The van der Waals surface area contributed by atoms with Gasteiger partial charge in [0.1, 0.15) is 34.3 Å². The summed E-state index contributed by atoms with van der Waals surface area (Å²) >= 11 is 1.44. The molecule has 0 N–H and O–H groups in total. The van der Waals surface area contributed by atoms with Gasteiger partial charge in [-0.05, 0) is 53.8 Å². The summed E-state index contributed by atoms with van der Waals surface area (Å²) in [4.78, 5) is 42.2. The van der Waals surface area contributed by atoms with Crippen LogP contribution in [0.15, 0.2) is 80.8 Å². The minimum Gasteiger partial charge on any atom is -0.497 e. The quantitative estimate of drug-likeness (QED) is 0.143. The molecular formula is C36H42N6O8S2. The Morgan fingerprint density at radius 1 is 0.615 bits per heavy atom. The Morgan fingerprint density at radius 3 is 1.37 bits per heavy atom. The van der Waals surface area contributed by atoms with Crippen LogP contribution >= 0.6 is 11.8 Å². The molecule has 0 aliphatic carbocycles. The van der Waals surface area contributed by atoms with E-state index in [1.54, 1.807) is 63.9 Å². The summed E-state index contributed by atoms with van der Waals surface area (Å²) in [5, 5.41) is 1.65. The highest BCUT2D eigenvalue weighted by atomic mass is 32.2. The van der Waals surface area contributed by atoms with Gasteiger partial charge in [0.2, 0.25) is 15.0 Å². The molecule has 6 aromatic rings. The van der Waals surface area contributed by atoms with Gasteiger partial charge < -0.3 is 18.9 Å². The Bertz CT molecular complexity index is 2440. The van der Waals surface area contributed by atoms with Crippen LogP contribution in [0.4, 0.5) is 0 Å². The van der Waals surface area contributed by atoms with Crippen molar-refractivity contribution in [3.05, 3.63) is 81.6 Å². The van der Waals surface area contributed by atoms with E-state index in [0.717, 1.165) is 17.2 Å². The highest BCUT2D eigenvalue weighted by molar-refractivity contribution is 7.98. The number of rotatable bonds is 8. The van der Waals surface area contributed by atoms with Gasteiger partial charge in [-0.1, -0.05) is 26.6 Å². The van der Waals surface area contributed by atoms with Crippen molar-refractivity contribution >= 4 is 43.7 Å². The summed E-state index contributed by atoms with van der Waals surface area (Å²) in [6.07, 6.45) is 6.03. The molecule has 0 aliphatic heterocycles. The van der Waals surface area contributed by atoms with Crippen molar-refractivity contribution in [1.29, 1.82) is 0 Å². The molecule has 0 unspecified atom stereocenters. The SMILES string of the molecule is C.C.COc1cc(OC)cc(-c2cc3cnc(S(C)(=O)=O)nc3n(C)c2=O)c1.COc1cc(OC)cc(-c2cc3cnc(SC)nc3n(C)c2=O)c1. The molecule has 0 atom stereocenters. The second-order valence-corrected chi connectivity index (χ2v) is 13.6. The first-order valence-corrected chi connectivity index (χ1v) is 17.9. The average Bonchev–Trinajstić information content (AvgIpc) is 3.13. The first kappa shape index (κ1) is 40.9. The van der Waals surface area contributed by atoms with Crippen LogP contribution < -0.4 is 30.1 Å². The zero-order valence-electron chi connectivity index (χ0n) is 28.5. The molecule has 0 radical (unpaired) electrons. The predicted molar refractivity (Wildman–Crippen MR) is 205 cm³/mol. The predicted octanol–water partition coefficient (Wildman–Crippen LogP) is 5.42. The Hall–Kier alpha value is -5.48. The van der Waals surface area contributed by atoms with E-state index >= 15 is 0 Å². The molecule has 0 spiro atoms. The van der Waals surface area contributed by atoms with Gasteiger partial charge in [0.05, 0.1) is 28.4 Å². The number of benzene rings is 2. The lowest BCUT2D eigenvalue weighted by Crippen LogP contribution is -2.20. The number of fused-ring (bicyclic) bond motifs is 2. The number of nitrogens with zero attached hydrogens (tertiary/aromatic N) is 6. The topological polar surface area (TPSA) is 167 Å². The van der Waals surface area contributed by atoms with Crippen LogP contribution in [-0.2, 0) is 23.9 Å². The van der Waals surface area contributed by atoms with E-state index in [0.29, 0.717) is 55.9 Å². The molecule has 4 aromatic heterocycles. The zero-order chi connectivity index (χ0) is 36.3. The number of aryl methyl sites for hydroxylation is 2. The van der Waals surface area contributed by atoms with E-state index in [1.165, 1.54) is 48.4 Å². The molecule has 276 valence electrons. The lowest BCUT2D eigenvalue weighted by atomic mass is 10.1. The monoisotopic (exact) mass is 750 g/mol. The number of methoxy groups -OCH3 is 4. The Kier molecular flexibility index (Phi) is 13.1. The van der Waals surface area contributed by atoms with Crippen molar-refractivity contribution in [2.45, 2.75) is 25.2 Å². The molecule has 6 rings (SSSR count). The normalized spacial score (nSPS) is 10.8. The first-order chi connectivity index (χ1) is 23.8. The van der Waals surface area contributed by atoms with Crippen LogP contribution in [0.1, 0.15) is 14.9 Å². The van der Waals surface area contributed by atoms with Crippen LogP contribution in [0.5, 0.6) is 23.0 Å². The molecule has 0 saturated heterocycles. The second kappa shape index (κ2) is 16.7. The minimum absolute atomic E-state index is 0. The summed E-state index contributed by atoms with van der Waals surface area (Å²) in [7, 11) is 5.88. The van der Waals surface area contributed by atoms with E-state index in [-0.39, 0.29) is 36.8 Å². The third-order valence-corrected chi connectivity index (χ3v) is 9.11. The van der Waals surface area contributed by atoms with Crippen molar-refractivity contribution in [2.24, 2.45) is 14.1 Å². The summed E-state index contributed by atoms with van der Waals surface area (Å²) in [5.41, 5.74) is 2.66. The van der Waals surface area contributed by atoms with Crippen LogP contribution in [0.2, 0.25) is 0 Å². The smallest absolute Gasteiger partial charge is 0.259 e. The third-order valence-electron chi connectivity index (χ3n) is 7.69. The highest BCUT2D eigenvalue weighted by Gasteiger charge is 2.17. The largest absolute Gasteiger partial charge is 0.497 e. The summed E-state index contributed by atoms with van der Waals surface area (Å²) in [6, 6.07) is 13.9. The molecular weight excluding hydrogens is 709 g/mol. The van der Waals surface area contributed by atoms with E-state index < -0.39 is 9.84 Å². The number of aromatic nitrogens is 6. The van der Waals surface area contributed by atoms with Gasteiger partial charge in [-0.15, -0.1) is 0 Å².